The maximum Gasteiger partial charge on any atom is 0.302 e. The van der Waals surface area contributed by atoms with E-state index in [2.05, 4.69) is 9.73 Å². The zero-order valence-corrected chi connectivity index (χ0v) is 5.76. The first kappa shape index (κ1) is 8.14. The lowest BCUT2D eigenvalue weighted by Crippen LogP contribution is -2.02. The number of aliphatic imine (C=N–C) groups is 1. The first-order chi connectivity index (χ1) is 4.27. The number of rotatable bonds is 3. The van der Waals surface area contributed by atoms with Gasteiger partial charge in [-0.3, -0.25) is 9.79 Å². The minimum atomic E-state index is -0.249. The van der Waals surface area contributed by atoms with Crippen molar-refractivity contribution in [2.24, 2.45) is 4.99 Å². The van der Waals surface area contributed by atoms with Gasteiger partial charge in [-0.1, -0.05) is 0 Å². The molecule has 0 aromatic heterocycles. The molecule has 0 aliphatic rings. The van der Waals surface area contributed by atoms with E-state index in [1.807, 2.05) is 6.92 Å². The summed E-state index contributed by atoms with van der Waals surface area (Å²) in [6, 6.07) is 0. The Morgan fingerprint density at radius 3 is 2.89 bits per heavy atom. The third-order valence-electron chi connectivity index (χ3n) is 0.708. The molecule has 0 amide bonds. The van der Waals surface area contributed by atoms with Crippen LogP contribution >= 0.6 is 0 Å². The summed E-state index contributed by atoms with van der Waals surface area (Å²) in [5.74, 6) is -0.249. The van der Waals surface area contributed by atoms with E-state index in [4.69, 9.17) is 0 Å². The van der Waals surface area contributed by atoms with Crippen LogP contribution in [0.5, 0.6) is 0 Å². The summed E-state index contributed by atoms with van der Waals surface area (Å²) in [4.78, 5) is 14.0. The third-order valence-corrected chi connectivity index (χ3v) is 0.708. The SMILES string of the molecule is CC=NCCOC(C)=O. The lowest BCUT2D eigenvalue weighted by Gasteiger charge is -1.95. The van der Waals surface area contributed by atoms with Gasteiger partial charge in [0.05, 0.1) is 6.54 Å². The minimum Gasteiger partial charge on any atom is -0.464 e. The van der Waals surface area contributed by atoms with E-state index >= 15 is 0 Å². The van der Waals surface area contributed by atoms with Crippen molar-refractivity contribution in [1.29, 1.82) is 0 Å². The number of hydrogen-bond donors (Lipinski definition) is 0. The zero-order valence-electron chi connectivity index (χ0n) is 5.76. The molecule has 0 spiro atoms. The molecule has 0 fully saturated rings. The monoisotopic (exact) mass is 129 g/mol. The van der Waals surface area contributed by atoms with Gasteiger partial charge < -0.3 is 4.74 Å². The quantitative estimate of drug-likeness (QED) is 0.318. The normalized spacial score (nSPS) is 10.0. The van der Waals surface area contributed by atoms with E-state index in [-0.39, 0.29) is 5.97 Å². The maximum absolute atomic E-state index is 10.1. The molecular formula is C6H11NO2. The van der Waals surface area contributed by atoms with E-state index in [0.29, 0.717) is 13.2 Å². The molecule has 0 aromatic carbocycles. The lowest BCUT2D eigenvalue weighted by atomic mass is 10.7. The third kappa shape index (κ3) is 7.14. The highest BCUT2D eigenvalue weighted by atomic mass is 16.5. The van der Waals surface area contributed by atoms with Gasteiger partial charge in [-0.25, -0.2) is 0 Å². The molecule has 9 heavy (non-hydrogen) atoms. The predicted molar refractivity (Wildman–Crippen MR) is 35.7 cm³/mol. The second-order valence-corrected chi connectivity index (χ2v) is 1.50. The molecule has 0 aromatic rings. The second-order valence-electron chi connectivity index (χ2n) is 1.50. The van der Waals surface area contributed by atoms with E-state index < -0.39 is 0 Å². The molecule has 0 bridgehead atoms. The molecule has 0 heterocycles. The van der Waals surface area contributed by atoms with Gasteiger partial charge in [-0.2, -0.15) is 0 Å². The van der Waals surface area contributed by atoms with Crippen molar-refractivity contribution in [3.8, 4) is 0 Å². The Morgan fingerprint density at radius 2 is 2.44 bits per heavy atom. The number of esters is 1. The van der Waals surface area contributed by atoms with Crippen LogP contribution in [0.2, 0.25) is 0 Å². The second kappa shape index (κ2) is 5.28. The predicted octanol–water partition coefficient (Wildman–Crippen LogP) is 0.640. The van der Waals surface area contributed by atoms with Crippen LogP contribution in [0, 0.1) is 0 Å². The lowest BCUT2D eigenvalue weighted by molar-refractivity contribution is -0.140. The first-order valence-electron chi connectivity index (χ1n) is 2.85. The van der Waals surface area contributed by atoms with Crippen molar-refractivity contribution in [1.82, 2.24) is 0 Å². The van der Waals surface area contributed by atoms with Crippen LogP contribution < -0.4 is 0 Å². The van der Waals surface area contributed by atoms with Crippen LogP contribution in [0.15, 0.2) is 4.99 Å². The number of carbonyl (C=O) groups excluding carboxylic acids is 1. The summed E-state index contributed by atoms with van der Waals surface area (Å²) in [6.45, 7) is 4.17. The fourth-order valence-electron chi connectivity index (χ4n) is 0.371. The van der Waals surface area contributed by atoms with Crippen molar-refractivity contribution >= 4 is 12.2 Å². The summed E-state index contributed by atoms with van der Waals surface area (Å²) >= 11 is 0. The molecular weight excluding hydrogens is 118 g/mol. The first-order valence-corrected chi connectivity index (χ1v) is 2.85. The van der Waals surface area contributed by atoms with Gasteiger partial charge in [0.2, 0.25) is 0 Å². The fourth-order valence-corrected chi connectivity index (χ4v) is 0.371. The van der Waals surface area contributed by atoms with Crippen LogP contribution in [-0.2, 0) is 9.53 Å². The van der Waals surface area contributed by atoms with Crippen LogP contribution in [-0.4, -0.2) is 25.3 Å². The van der Waals surface area contributed by atoms with Gasteiger partial charge in [0, 0.05) is 6.92 Å². The Bertz CT molecular complexity index is 110. The summed E-state index contributed by atoms with van der Waals surface area (Å²) in [6.07, 6.45) is 1.68. The van der Waals surface area contributed by atoms with E-state index in [9.17, 15) is 4.79 Å². The van der Waals surface area contributed by atoms with Crippen molar-refractivity contribution in [2.75, 3.05) is 13.2 Å². The van der Waals surface area contributed by atoms with E-state index in [0.717, 1.165) is 0 Å². The molecule has 3 heteroatoms. The average Bonchev–Trinajstić information content (AvgIpc) is 1.80. The molecule has 3 nitrogen and oxygen atoms in total. The Morgan fingerprint density at radius 1 is 1.78 bits per heavy atom. The summed E-state index contributed by atoms with van der Waals surface area (Å²) in [5.41, 5.74) is 0. The van der Waals surface area contributed by atoms with Crippen LogP contribution in [0.3, 0.4) is 0 Å². The molecule has 0 N–H and O–H groups in total. The molecule has 52 valence electrons. The molecule has 0 radical (unpaired) electrons. The number of nitrogens with zero attached hydrogens (tertiary/aromatic N) is 1. The molecule has 0 aliphatic heterocycles. The molecule has 0 aliphatic carbocycles. The molecule has 0 unspecified atom stereocenters. The molecule has 0 atom stereocenters. The van der Waals surface area contributed by atoms with Crippen molar-refractivity contribution in [2.45, 2.75) is 13.8 Å². The van der Waals surface area contributed by atoms with Gasteiger partial charge in [0.25, 0.3) is 0 Å². The summed E-state index contributed by atoms with van der Waals surface area (Å²) in [7, 11) is 0. The Hall–Kier alpha value is -0.860. The largest absolute Gasteiger partial charge is 0.464 e. The van der Waals surface area contributed by atoms with Crippen molar-refractivity contribution in [3.63, 3.8) is 0 Å². The Balaban J connectivity index is 3.01. The average molecular weight is 129 g/mol. The Labute approximate surface area is 54.7 Å². The summed E-state index contributed by atoms with van der Waals surface area (Å²) in [5, 5.41) is 0. The minimum absolute atomic E-state index is 0.249. The van der Waals surface area contributed by atoms with Crippen molar-refractivity contribution < 1.29 is 9.53 Å². The number of hydrogen-bond acceptors (Lipinski definition) is 3. The van der Waals surface area contributed by atoms with Crippen LogP contribution in [0.4, 0.5) is 0 Å². The van der Waals surface area contributed by atoms with Gasteiger partial charge in [-0.05, 0) is 13.1 Å². The van der Waals surface area contributed by atoms with Crippen LogP contribution in [0.25, 0.3) is 0 Å². The van der Waals surface area contributed by atoms with Gasteiger partial charge in [0.15, 0.2) is 0 Å². The maximum atomic E-state index is 10.1. The highest BCUT2D eigenvalue weighted by Crippen LogP contribution is 1.75. The smallest absolute Gasteiger partial charge is 0.302 e. The highest BCUT2D eigenvalue weighted by molar-refractivity contribution is 5.65. The molecule has 0 saturated heterocycles. The molecule has 0 rings (SSSR count). The Kier molecular flexibility index (Phi) is 4.78. The standard InChI is InChI=1S/C6H11NO2/c1-3-7-4-5-9-6(2)8/h3H,4-5H2,1-2H3. The van der Waals surface area contributed by atoms with Gasteiger partial charge in [-0.15, -0.1) is 0 Å². The van der Waals surface area contributed by atoms with Gasteiger partial charge >= 0.3 is 5.97 Å². The van der Waals surface area contributed by atoms with Gasteiger partial charge in [0.1, 0.15) is 6.61 Å². The molecule has 0 saturated carbocycles. The van der Waals surface area contributed by atoms with E-state index in [1.165, 1.54) is 6.92 Å². The fraction of sp³-hybridized carbons (Fsp3) is 0.667. The number of ether oxygens (including phenoxy) is 1. The number of carbonyl (C=O) groups is 1. The summed E-state index contributed by atoms with van der Waals surface area (Å²) < 4.78 is 4.59. The topological polar surface area (TPSA) is 38.7 Å². The van der Waals surface area contributed by atoms with Crippen molar-refractivity contribution in [3.05, 3.63) is 0 Å². The zero-order chi connectivity index (χ0) is 7.11. The van der Waals surface area contributed by atoms with Crippen LogP contribution in [0.1, 0.15) is 13.8 Å². The highest BCUT2D eigenvalue weighted by Gasteiger charge is 1.87. The van der Waals surface area contributed by atoms with E-state index in [1.54, 1.807) is 6.21 Å².